The van der Waals surface area contributed by atoms with Crippen LogP contribution in [-0.2, 0) is 16.5 Å². The van der Waals surface area contributed by atoms with Gasteiger partial charge in [0.1, 0.15) is 11.5 Å². The van der Waals surface area contributed by atoms with Crippen molar-refractivity contribution in [2.45, 2.75) is 13.0 Å². The second-order valence-corrected chi connectivity index (χ2v) is 9.05. The quantitative estimate of drug-likeness (QED) is 0.623. The summed E-state index contributed by atoms with van der Waals surface area (Å²) in [7, 11) is 1.59. The maximum Gasteiger partial charge on any atom is 0.176 e. The molecular formula is C12H17BrNO2PS. The van der Waals surface area contributed by atoms with Crippen molar-refractivity contribution in [2.24, 2.45) is 0 Å². The maximum atomic E-state index is 5.82. The van der Waals surface area contributed by atoms with Crippen LogP contribution in [0.15, 0.2) is 41.1 Å². The lowest BCUT2D eigenvalue weighted by Gasteiger charge is -2.24. The zero-order chi connectivity index (χ0) is 13.8. The van der Waals surface area contributed by atoms with Crippen molar-refractivity contribution < 1.29 is 9.26 Å². The average Bonchev–Trinajstić information content (AvgIpc) is 2.30. The first-order valence-electron chi connectivity index (χ1n) is 5.37. The highest BCUT2D eigenvalue weighted by Gasteiger charge is 2.17. The molecule has 0 fully saturated rings. The van der Waals surface area contributed by atoms with E-state index in [0.717, 1.165) is 10.2 Å². The van der Waals surface area contributed by atoms with Crippen molar-refractivity contribution in [1.29, 1.82) is 0 Å². The molecule has 0 aromatic heterocycles. The molecule has 1 N–H and O–H groups in total. The smallest absolute Gasteiger partial charge is 0.176 e. The molecule has 1 aromatic rings. The Morgan fingerprint density at radius 2 is 2.00 bits per heavy atom. The predicted octanol–water partition coefficient (Wildman–Crippen LogP) is 3.91. The van der Waals surface area contributed by atoms with Crippen LogP contribution in [0.2, 0.25) is 0 Å². The first kappa shape index (κ1) is 15.7. The van der Waals surface area contributed by atoms with E-state index in [1.165, 1.54) is 0 Å². The van der Waals surface area contributed by atoms with Gasteiger partial charge < -0.3 is 9.26 Å². The summed E-state index contributed by atoms with van der Waals surface area (Å²) < 4.78 is 11.9. The summed E-state index contributed by atoms with van der Waals surface area (Å²) >= 11 is 8.85. The van der Waals surface area contributed by atoms with Gasteiger partial charge in [0.25, 0.3) is 0 Å². The van der Waals surface area contributed by atoms with E-state index in [-0.39, 0.29) is 6.04 Å². The van der Waals surface area contributed by atoms with Crippen LogP contribution in [0.5, 0.6) is 5.75 Å². The molecule has 3 nitrogen and oxygen atoms in total. The fourth-order valence-corrected chi connectivity index (χ4v) is 3.74. The first-order chi connectivity index (χ1) is 8.34. The van der Waals surface area contributed by atoms with Crippen LogP contribution in [0.25, 0.3) is 0 Å². The first-order valence-corrected chi connectivity index (χ1v) is 9.33. The van der Waals surface area contributed by atoms with Gasteiger partial charge in [-0.3, -0.25) is 0 Å². The zero-order valence-corrected chi connectivity index (χ0v) is 13.9. The van der Waals surface area contributed by atoms with Crippen molar-refractivity contribution >= 4 is 34.2 Å². The molecule has 0 amide bonds. The number of hydrogen-bond acceptors (Lipinski definition) is 3. The molecule has 100 valence electrons. The van der Waals surface area contributed by atoms with Crippen molar-refractivity contribution in [2.75, 3.05) is 13.8 Å². The molecule has 2 atom stereocenters. The lowest BCUT2D eigenvalue weighted by molar-refractivity contribution is 0.266. The monoisotopic (exact) mass is 349 g/mol. The number of hydrogen-bond donors (Lipinski definition) is 1. The Morgan fingerprint density at radius 1 is 1.44 bits per heavy atom. The van der Waals surface area contributed by atoms with Gasteiger partial charge in [0.05, 0.1) is 13.2 Å². The summed E-state index contributed by atoms with van der Waals surface area (Å²) in [6, 6.07) is 7.56. The Kier molecular flexibility index (Phi) is 5.86. The minimum Gasteiger partial charge on any atom is -0.500 e. The summed E-state index contributed by atoms with van der Waals surface area (Å²) in [5.74, 6) is 1.40. The molecule has 0 aliphatic rings. The minimum absolute atomic E-state index is 0.0405. The van der Waals surface area contributed by atoms with Gasteiger partial charge in [0, 0.05) is 11.1 Å². The van der Waals surface area contributed by atoms with Crippen molar-refractivity contribution in [1.82, 2.24) is 5.09 Å². The van der Waals surface area contributed by atoms with Gasteiger partial charge >= 0.3 is 0 Å². The largest absolute Gasteiger partial charge is 0.500 e. The second kappa shape index (κ2) is 6.71. The highest BCUT2D eigenvalue weighted by molar-refractivity contribution is 9.10. The molecule has 1 aromatic carbocycles. The Hall–Kier alpha value is -0.350. The molecule has 0 aliphatic carbocycles. The Labute approximate surface area is 122 Å². The van der Waals surface area contributed by atoms with E-state index in [4.69, 9.17) is 21.1 Å². The fraction of sp³-hybridized carbons (Fsp3) is 0.333. The zero-order valence-electron chi connectivity index (χ0n) is 10.6. The molecule has 0 saturated heterocycles. The van der Waals surface area contributed by atoms with Gasteiger partial charge in [-0.05, 0) is 43.0 Å². The van der Waals surface area contributed by atoms with Gasteiger partial charge in [0.2, 0.25) is 0 Å². The Balaban J connectivity index is 2.67. The number of benzene rings is 1. The van der Waals surface area contributed by atoms with Crippen LogP contribution in [0.1, 0.15) is 6.92 Å². The van der Waals surface area contributed by atoms with Gasteiger partial charge in [-0.1, -0.05) is 22.5 Å². The van der Waals surface area contributed by atoms with Gasteiger partial charge in [-0.2, -0.15) is 0 Å². The molecule has 1 rings (SSSR count). The van der Waals surface area contributed by atoms with Crippen molar-refractivity contribution in [3.05, 3.63) is 41.1 Å². The van der Waals surface area contributed by atoms with Gasteiger partial charge in [0.15, 0.2) is 6.42 Å². The van der Waals surface area contributed by atoms with Crippen LogP contribution in [-0.4, -0.2) is 19.8 Å². The SMILES string of the molecule is C=C(OC)[C@H](C)NP(C)(=S)Oc1ccc(Br)cc1. The van der Waals surface area contributed by atoms with Crippen molar-refractivity contribution in [3.8, 4) is 5.75 Å². The van der Waals surface area contributed by atoms with E-state index in [0.29, 0.717) is 5.76 Å². The normalized spacial score (nSPS) is 15.6. The lowest BCUT2D eigenvalue weighted by Crippen LogP contribution is -2.26. The third kappa shape index (κ3) is 5.11. The van der Waals surface area contributed by atoms with E-state index in [9.17, 15) is 0 Å². The molecule has 0 spiro atoms. The summed E-state index contributed by atoms with van der Waals surface area (Å²) in [6.45, 7) is 7.64. The Morgan fingerprint density at radius 3 is 2.50 bits per heavy atom. The van der Waals surface area contributed by atoms with E-state index >= 15 is 0 Å². The number of nitrogens with one attached hydrogen (secondary N) is 1. The summed E-state index contributed by atoms with van der Waals surface area (Å²) in [4.78, 5) is 0. The highest BCUT2D eigenvalue weighted by Crippen LogP contribution is 2.40. The third-order valence-corrected chi connectivity index (χ3v) is 4.75. The van der Waals surface area contributed by atoms with Crippen LogP contribution in [0.3, 0.4) is 0 Å². The molecule has 0 aliphatic heterocycles. The van der Waals surface area contributed by atoms with Crippen molar-refractivity contribution in [3.63, 3.8) is 0 Å². The topological polar surface area (TPSA) is 30.5 Å². The molecule has 0 heterocycles. The molecule has 1 unspecified atom stereocenters. The lowest BCUT2D eigenvalue weighted by atomic mass is 10.3. The maximum absolute atomic E-state index is 5.82. The third-order valence-electron chi connectivity index (χ3n) is 2.27. The number of halogens is 1. The van der Waals surface area contributed by atoms with E-state index in [1.54, 1.807) is 7.11 Å². The second-order valence-electron chi connectivity index (χ2n) is 3.91. The number of ether oxygens (including phenoxy) is 1. The van der Waals surface area contributed by atoms with E-state index in [1.807, 2.05) is 37.9 Å². The number of rotatable bonds is 6. The summed E-state index contributed by atoms with van der Waals surface area (Å²) in [5.41, 5.74) is 0. The summed E-state index contributed by atoms with van der Waals surface area (Å²) in [5, 5.41) is 3.24. The molecular weight excluding hydrogens is 333 g/mol. The van der Waals surface area contributed by atoms with Gasteiger partial charge in [-0.15, -0.1) is 0 Å². The van der Waals surface area contributed by atoms with Gasteiger partial charge in [-0.25, -0.2) is 5.09 Å². The Bertz CT molecular complexity index is 464. The predicted molar refractivity (Wildman–Crippen MR) is 83.7 cm³/mol. The molecule has 18 heavy (non-hydrogen) atoms. The standard InChI is InChI=1S/C12H17BrNO2PS/c1-9(10(2)15-3)14-17(4,18)16-12-7-5-11(13)6-8-12/h5-9H,2H2,1,3-4H3,(H,14,18)/t9-,17?/m0/s1. The summed E-state index contributed by atoms with van der Waals surface area (Å²) in [6.07, 6.45) is -2.13. The molecule has 6 heteroatoms. The number of methoxy groups -OCH3 is 1. The van der Waals surface area contributed by atoms with Crippen LogP contribution in [0, 0.1) is 0 Å². The fourth-order valence-electron chi connectivity index (χ4n) is 1.32. The highest BCUT2D eigenvalue weighted by atomic mass is 79.9. The van der Waals surface area contributed by atoms with E-state index < -0.39 is 6.42 Å². The molecule has 0 bridgehead atoms. The minimum atomic E-state index is -2.13. The molecule has 0 radical (unpaired) electrons. The van der Waals surface area contributed by atoms with E-state index in [2.05, 4.69) is 27.6 Å². The van der Waals surface area contributed by atoms with Crippen LogP contribution >= 0.6 is 22.3 Å². The molecule has 0 saturated carbocycles. The average molecular weight is 350 g/mol. The van der Waals surface area contributed by atoms with Crippen LogP contribution < -0.4 is 9.61 Å². The van der Waals surface area contributed by atoms with Crippen LogP contribution in [0.4, 0.5) is 0 Å².